The highest BCUT2D eigenvalue weighted by molar-refractivity contribution is 6.98. The van der Waals surface area contributed by atoms with Gasteiger partial charge in [-0.05, 0) is 114 Å². The van der Waals surface area contributed by atoms with Gasteiger partial charge in [0, 0.05) is 39.0 Å². The standard InChI is InChI=1S/C55H36BN3O2/c1-34-21-23-37(24-22-34)57-38-25-26-42-48(33-38)59(40-17-9-4-10-18-40)47-30-28-44-55(52(42)47)61-50-32-36(35-13-5-2-6-14-35)31-49-53(50)56(44)43-27-29-46-51(54(43)60-49)41-19-11-12-20-45(41)58(46)39-15-7-3-8-16-39/h2-33,57H,1H3. The van der Waals surface area contributed by atoms with Gasteiger partial charge in [-0.3, -0.25) is 0 Å². The Morgan fingerprint density at radius 1 is 0.426 bits per heavy atom. The maximum Gasteiger partial charge on any atom is 0.260 e. The molecule has 5 nitrogen and oxygen atoms in total. The second-order valence-electron chi connectivity index (χ2n) is 16.2. The maximum absolute atomic E-state index is 7.32. The molecule has 0 saturated heterocycles. The van der Waals surface area contributed by atoms with Gasteiger partial charge in [-0.25, -0.2) is 0 Å². The number of nitrogens with one attached hydrogen (secondary N) is 1. The van der Waals surface area contributed by atoms with E-state index in [0.717, 1.165) is 117 Å². The minimum atomic E-state index is -0.132. The molecule has 0 aliphatic carbocycles. The van der Waals surface area contributed by atoms with Crippen LogP contribution in [0.1, 0.15) is 5.56 Å². The van der Waals surface area contributed by atoms with Crippen molar-refractivity contribution in [1.82, 2.24) is 9.13 Å². The van der Waals surface area contributed by atoms with Gasteiger partial charge in [0.05, 0.1) is 32.8 Å². The third-order valence-electron chi connectivity index (χ3n) is 12.7. The first kappa shape index (κ1) is 34.0. The lowest BCUT2D eigenvalue weighted by molar-refractivity contribution is 0.470. The molecule has 0 unspecified atom stereocenters. The number of hydrogen-bond acceptors (Lipinski definition) is 3. The summed E-state index contributed by atoms with van der Waals surface area (Å²) in [5.74, 6) is 3.41. The quantitative estimate of drug-likeness (QED) is 0.177. The van der Waals surface area contributed by atoms with E-state index in [2.05, 4.69) is 215 Å². The first-order chi connectivity index (χ1) is 30.2. The van der Waals surface area contributed by atoms with Crippen molar-refractivity contribution in [2.45, 2.75) is 6.92 Å². The molecule has 2 aliphatic rings. The molecule has 13 rings (SSSR count). The van der Waals surface area contributed by atoms with Crippen LogP contribution in [0.2, 0.25) is 0 Å². The predicted molar refractivity (Wildman–Crippen MR) is 253 cm³/mol. The van der Waals surface area contributed by atoms with Crippen LogP contribution >= 0.6 is 0 Å². The topological polar surface area (TPSA) is 40.4 Å². The number of ether oxygens (including phenoxy) is 2. The summed E-state index contributed by atoms with van der Waals surface area (Å²) < 4.78 is 19.3. The van der Waals surface area contributed by atoms with Crippen molar-refractivity contribution in [3.8, 4) is 45.5 Å². The highest BCUT2D eigenvalue weighted by Crippen LogP contribution is 2.47. The molecule has 11 aromatic rings. The molecule has 6 heteroatoms. The number of hydrogen-bond donors (Lipinski definition) is 1. The number of rotatable bonds is 5. The molecule has 2 aliphatic heterocycles. The Kier molecular flexibility index (Phi) is 7.25. The molecule has 4 heterocycles. The monoisotopic (exact) mass is 781 g/mol. The van der Waals surface area contributed by atoms with E-state index in [1.165, 1.54) is 5.56 Å². The second-order valence-corrected chi connectivity index (χ2v) is 16.2. The van der Waals surface area contributed by atoms with Gasteiger partial charge < -0.3 is 23.9 Å². The molecule has 1 N–H and O–H groups in total. The van der Waals surface area contributed by atoms with Crippen molar-refractivity contribution in [1.29, 1.82) is 0 Å². The van der Waals surface area contributed by atoms with Crippen LogP contribution in [-0.4, -0.2) is 15.8 Å². The van der Waals surface area contributed by atoms with Gasteiger partial charge in [-0.2, -0.15) is 0 Å². The van der Waals surface area contributed by atoms with Crippen LogP contribution in [-0.2, 0) is 0 Å². The number of anilines is 2. The Morgan fingerprint density at radius 2 is 0.951 bits per heavy atom. The summed E-state index contributed by atoms with van der Waals surface area (Å²) in [7, 11) is 0. The molecule has 2 aromatic heterocycles. The van der Waals surface area contributed by atoms with Crippen LogP contribution < -0.4 is 31.2 Å². The molecule has 0 radical (unpaired) electrons. The van der Waals surface area contributed by atoms with Crippen LogP contribution in [0, 0.1) is 6.92 Å². The van der Waals surface area contributed by atoms with Crippen LogP contribution in [0.4, 0.5) is 11.4 Å². The van der Waals surface area contributed by atoms with E-state index in [0.29, 0.717) is 0 Å². The average molecular weight is 782 g/mol. The lowest BCUT2D eigenvalue weighted by Crippen LogP contribution is -2.57. The van der Waals surface area contributed by atoms with E-state index in [4.69, 9.17) is 9.47 Å². The zero-order chi connectivity index (χ0) is 40.2. The van der Waals surface area contributed by atoms with Crippen LogP contribution in [0.5, 0.6) is 23.0 Å². The summed E-state index contributed by atoms with van der Waals surface area (Å²) in [5.41, 5.74) is 15.4. The number of benzene rings is 9. The highest BCUT2D eigenvalue weighted by Gasteiger charge is 2.43. The smallest absolute Gasteiger partial charge is 0.260 e. The summed E-state index contributed by atoms with van der Waals surface area (Å²) in [6.07, 6.45) is 0. The van der Waals surface area contributed by atoms with Crippen molar-refractivity contribution >= 4 is 78.1 Å². The minimum Gasteiger partial charge on any atom is -0.458 e. The summed E-state index contributed by atoms with van der Waals surface area (Å²) >= 11 is 0. The van der Waals surface area contributed by atoms with E-state index in [1.54, 1.807) is 0 Å². The molecular formula is C55H36BN3O2. The lowest BCUT2D eigenvalue weighted by atomic mass is 9.34. The summed E-state index contributed by atoms with van der Waals surface area (Å²) in [4.78, 5) is 0. The molecule has 61 heavy (non-hydrogen) atoms. The molecule has 286 valence electrons. The zero-order valence-corrected chi connectivity index (χ0v) is 33.3. The number of aromatic nitrogens is 2. The van der Waals surface area contributed by atoms with Crippen molar-refractivity contribution in [3.05, 3.63) is 200 Å². The molecule has 0 atom stereocenters. The van der Waals surface area contributed by atoms with Crippen LogP contribution in [0.25, 0.3) is 66.1 Å². The van der Waals surface area contributed by atoms with E-state index in [-0.39, 0.29) is 6.71 Å². The molecule has 0 saturated carbocycles. The Bertz CT molecular complexity index is 3560. The minimum absolute atomic E-state index is 0.132. The van der Waals surface area contributed by atoms with Gasteiger partial charge in [0.1, 0.15) is 23.0 Å². The normalized spacial score (nSPS) is 12.6. The van der Waals surface area contributed by atoms with Gasteiger partial charge in [0.15, 0.2) is 0 Å². The molecule has 0 spiro atoms. The highest BCUT2D eigenvalue weighted by atomic mass is 16.5. The molecule has 0 fully saturated rings. The Labute approximate surface area is 352 Å². The van der Waals surface area contributed by atoms with Crippen LogP contribution in [0.15, 0.2) is 194 Å². The largest absolute Gasteiger partial charge is 0.458 e. The third-order valence-corrected chi connectivity index (χ3v) is 12.7. The third kappa shape index (κ3) is 5.09. The summed E-state index contributed by atoms with van der Waals surface area (Å²) in [5, 5.41) is 8.14. The van der Waals surface area contributed by atoms with E-state index >= 15 is 0 Å². The first-order valence-corrected chi connectivity index (χ1v) is 20.9. The maximum atomic E-state index is 7.32. The van der Waals surface area contributed by atoms with Crippen molar-refractivity contribution in [2.24, 2.45) is 0 Å². The Hall–Kier alpha value is -7.96. The molecule has 9 aromatic carbocycles. The van der Waals surface area contributed by atoms with Gasteiger partial charge >= 0.3 is 0 Å². The number of fused-ring (bicyclic) bond motifs is 12. The van der Waals surface area contributed by atoms with E-state index < -0.39 is 0 Å². The van der Waals surface area contributed by atoms with Gasteiger partial charge in [-0.15, -0.1) is 0 Å². The van der Waals surface area contributed by atoms with E-state index in [9.17, 15) is 0 Å². The van der Waals surface area contributed by atoms with Crippen molar-refractivity contribution < 1.29 is 9.47 Å². The number of nitrogens with zero attached hydrogens (tertiary/aromatic N) is 2. The molecule has 0 bridgehead atoms. The number of aryl methyl sites for hydroxylation is 1. The van der Waals surface area contributed by atoms with Crippen molar-refractivity contribution in [2.75, 3.05) is 5.32 Å². The fraction of sp³-hybridized carbons (Fsp3) is 0.0182. The SMILES string of the molecule is Cc1ccc(Nc2ccc3c4c5c(ccc4n(-c4ccccc4)c3c2)B2c3ccc4c(c3Oc3cc(-c6ccccc6)cc(c32)O5)c2ccccc2n4-c2ccccc2)cc1. The fourth-order valence-electron chi connectivity index (χ4n) is 9.95. The van der Waals surface area contributed by atoms with Crippen LogP contribution in [0.3, 0.4) is 0 Å². The second kappa shape index (κ2) is 13.0. The fourth-order valence-corrected chi connectivity index (χ4v) is 9.95. The summed E-state index contributed by atoms with van der Waals surface area (Å²) in [6, 6.07) is 69.3. The van der Waals surface area contributed by atoms with Gasteiger partial charge in [0.25, 0.3) is 6.71 Å². The van der Waals surface area contributed by atoms with Gasteiger partial charge in [0.2, 0.25) is 0 Å². The predicted octanol–water partition coefficient (Wildman–Crippen LogP) is 12.3. The van der Waals surface area contributed by atoms with Crippen molar-refractivity contribution in [3.63, 3.8) is 0 Å². The number of para-hydroxylation sites is 3. The Morgan fingerprint density at radius 3 is 1.57 bits per heavy atom. The average Bonchev–Trinajstić information content (AvgIpc) is 3.83. The Balaban J connectivity index is 1.09. The molecule has 0 amide bonds. The van der Waals surface area contributed by atoms with E-state index in [1.807, 2.05) is 0 Å². The van der Waals surface area contributed by atoms with Gasteiger partial charge in [-0.1, -0.05) is 115 Å². The lowest BCUT2D eigenvalue weighted by Gasteiger charge is -2.34. The first-order valence-electron chi connectivity index (χ1n) is 20.9. The summed E-state index contributed by atoms with van der Waals surface area (Å²) in [6.45, 7) is 1.98. The molecular weight excluding hydrogens is 745 g/mol. The zero-order valence-electron chi connectivity index (χ0n) is 33.3.